The molecule has 2 saturated heterocycles. The second kappa shape index (κ2) is 15.6. The van der Waals surface area contributed by atoms with Crippen molar-refractivity contribution < 1.29 is 22.4 Å². The normalized spacial score (nSPS) is 21.0. The minimum absolute atomic E-state index is 0.0167. The first kappa shape index (κ1) is 35.9. The molecule has 268 valence electrons. The zero-order valence-corrected chi connectivity index (χ0v) is 30.3. The molecule has 1 spiro atoms. The number of hydrogen-bond acceptors (Lipinski definition) is 9. The van der Waals surface area contributed by atoms with Gasteiger partial charge in [-0.05, 0) is 90.9 Å². The molecule has 2 aliphatic carbocycles. The molecule has 3 heterocycles. The number of primary amides is 1. The third-order valence-corrected chi connectivity index (χ3v) is 13.4. The largest absolute Gasteiger partial charge is 0.365 e. The molecule has 4 fully saturated rings. The number of carbonyl (C=O) groups is 2. The van der Waals surface area contributed by atoms with E-state index in [0.717, 1.165) is 37.7 Å². The van der Waals surface area contributed by atoms with Crippen LogP contribution in [0.15, 0.2) is 28.9 Å². The van der Waals surface area contributed by atoms with Crippen LogP contribution in [-0.2, 0) is 14.8 Å². The predicted molar refractivity (Wildman–Crippen MR) is 190 cm³/mol. The molecule has 6 rings (SSSR count). The van der Waals surface area contributed by atoms with Gasteiger partial charge in [-0.15, -0.1) is 0 Å². The highest BCUT2D eigenvalue weighted by atomic mass is 79.9. The Bertz CT molecular complexity index is 1600. The molecule has 1 aromatic carbocycles. The summed E-state index contributed by atoms with van der Waals surface area (Å²) < 4.78 is 42.4. The average Bonchev–Trinajstić information content (AvgIpc) is 3.58. The van der Waals surface area contributed by atoms with Crippen molar-refractivity contribution in [2.45, 2.75) is 76.7 Å². The van der Waals surface area contributed by atoms with Crippen molar-refractivity contribution in [3.63, 3.8) is 0 Å². The van der Waals surface area contributed by atoms with Crippen LogP contribution >= 0.6 is 15.9 Å². The maximum atomic E-state index is 14.2. The summed E-state index contributed by atoms with van der Waals surface area (Å²) in [5, 5.41) is 9.11. The summed E-state index contributed by atoms with van der Waals surface area (Å²) in [7, 11) is -3.53. The van der Waals surface area contributed by atoms with E-state index in [-0.39, 0.29) is 41.4 Å². The van der Waals surface area contributed by atoms with Gasteiger partial charge in [0.1, 0.15) is 11.6 Å². The van der Waals surface area contributed by atoms with Crippen molar-refractivity contribution in [2.75, 3.05) is 55.7 Å². The number of rotatable bonds is 13. The summed E-state index contributed by atoms with van der Waals surface area (Å²) in [6.07, 6.45) is 13.5. The van der Waals surface area contributed by atoms with E-state index in [9.17, 15) is 22.4 Å². The smallest absolute Gasteiger partial charge is 0.253 e. The summed E-state index contributed by atoms with van der Waals surface area (Å²) in [6, 6.07) is 4.07. The highest BCUT2D eigenvalue weighted by Gasteiger charge is 2.45. The van der Waals surface area contributed by atoms with Crippen molar-refractivity contribution in [3.05, 3.63) is 40.2 Å². The van der Waals surface area contributed by atoms with Crippen molar-refractivity contribution in [3.8, 4) is 0 Å². The fourth-order valence-electron chi connectivity index (χ4n) is 8.10. The van der Waals surface area contributed by atoms with Crippen LogP contribution < -0.4 is 21.7 Å². The lowest BCUT2D eigenvalue weighted by Gasteiger charge is -2.53. The number of likely N-dealkylation sites (tertiary alicyclic amines) is 1. The van der Waals surface area contributed by atoms with E-state index in [0.29, 0.717) is 47.6 Å². The molecular formula is C34H48BrFN8O4S. The zero-order chi connectivity index (χ0) is 34.6. The van der Waals surface area contributed by atoms with E-state index >= 15 is 0 Å². The molecule has 2 aromatic rings. The summed E-state index contributed by atoms with van der Waals surface area (Å²) in [4.78, 5) is 36.1. The first-order valence-electron chi connectivity index (χ1n) is 17.6. The SMILES string of the molecule is NC(=O)c1c(F)cccc1Nc1nc(NC2CCN(S(=O)(=O)CCNC(=O)C3CCC4(CC3)CN(CCC3CCCC3)C4)CC2)ncc1Br. The maximum Gasteiger partial charge on any atom is 0.253 e. The lowest BCUT2D eigenvalue weighted by Crippen LogP contribution is -2.58. The highest BCUT2D eigenvalue weighted by molar-refractivity contribution is 9.10. The molecule has 1 aromatic heterocycles. The van der Waals surface area contributed by atoms with Crippen molar-refractivity contribution in [2.24, 2.45) is 23.0 Å². The molecule has 2 aliphatic heterocycles. The molecule has 49 heavy (non-hydrogen) atoms. The average molecular weight is 764 g/mol. The Morgan fingerprint density at radius 1 is 1.06 bits per heavy atom. The molecule has 0 unspecified atom stereocenters. The number of carbonyl (C=O) groups excluding carboxylic acids is 2. The van der Waals surface area contributed by atoms with Gasteiger partial charge in [-0.2, -0.15) is 4.98 Å². The Kier molecular flexibility index (Phi) is 11.4. The number of benzene rings is 1. The van der Waals surface area contributed by atoms with Gasteiger partial charge < -0.3 is 26.6 Å². The van der Waals surface area contributed by atoms with Crippen molar-refractivity contribution in [1.82, 2.24) is 24.5 Å². The molecule has 0 bridgehead atoms. The van der Waals surface area contributed by atoms with E-state index < -0.39 is 21.7 Å². The van der Waals surface area contributed by atoms with Gasteiger partial charge in [-0.3, -0.25) is 9.59 Å². The van der Waals surface area contributed by atoms with Crippen LogP contribution in [0.1, 0.15) is 81.0 Å². The lowest BCUT2D eigenvalue weighted by atomic mass is 9.65. The molecule has 0 atom stereocenters. The van der Waals surface area contributed by atoms with E-state index in [1.807, 2.05) is 0 Å². The first-order valence-corrected chi connectivity index (χ1v) is 20.0. The maximum absolute atomic E-state index is 14.2. The Morgan fingerprint density at radius 2 is 1.78 bits per heavy atom. The van der Waals surface area contributed by atoms with Crippen LogP contribution in [0.25, 0.3) is 0 Å². The molecule has 2 saturated carbocycles. The van der Waals surface area contributed by atoms with E-state index in [1.54, 1.807) is 0 Å². The van der Waals surface area contributed by atoms with Gasteiger partial charge in [0.05, 0.1) is 21.5 Å². The number of sulfonamides is 1. The van der Waals surface area contributed by atoms with Gasteiger partial charge in [0.2, 0.25) is 21.9 Å². The minimum Gasteiger partial charge on any atom is -0.365 e. The Labute approximate surface area is 296 Å². The van der Waals surface area contributed by atoms with Gasteiger partial charge in [0.25, 0.3) is 5.91 Å². The Morgan fingerprint density at radius 3 is 2.47 bits per heavy atom. The molecule has 4 aliphatic rings. The predicted octanol–water partition coefficient (Wildman–Crippen LogP) is 4.62. The number of hydrogen-bond donors (Lipinski definition) is 4. The van der Waals surface area contributed by atoms with Gasteiger partial charge >= 0.3 is 0 Å². The van der Waals surface area contributed by atoms with Crippen LogP contribution in [0.5, 0.6) is 0 Å². The summed E-state index contributed by atoms with van der Waals surface area (Å²) in [5.41, 5.74) is 5.65. The lowest BCUT2D eigenvalue weighted by molar-refractivity contribution is -0.128. The molecule has 2 amide bonds. The van der Waals surface area contributed by atoms with Crippen LogP contribution in [0, 0.1) is 23.1 Å². The Balaban J connectivity index is 0.901. The molecule has 5 N–H and O–H groups in total. The fraction of sp³-hybridized carbons (Fsp3) is 0.647. The minimum atomic E-state index is -3.53. The molecular weight excluding hydrogens is 715 g/mol. The van der Waals surface area contributed by atoms with Crippen LogP contribution in [0.2, 0.25) is 0 Å². The summed E-state index contributed by atoms with van der Waals surface area (Å²) in [5.74, 6) is -0.286. The number of aromatic nitrogens is 2. The number of nitrogens with zero attached hydrogens (tertiary/aromatic N) is 4. The van der Waals surface area contributed by atoms with Crippen LogP contribution in [0.4, 0.5) is 21.8 Å². The highest BCUT2D eigenvalue weighted by Crippen LogP contribution is 2.46. The number of nitrogens with two attached hydrogens (primary N) is 1. The monoisotopic (exact) mass is 762 g/mol. The number of halogens is 2. The van der Waals surface area contributed by atoms with Gasteiger partial charge in [0, 0.05) is 50.9 Å². The van der Waals surface area contributed by atoms with E-state index in [2.05, 4.69) is 46.7 Å². The van der Waals surface area contributed by atoms with E-state index in [4.69, 9.17) is 5.73 Å². The third-order valence-electron chi connectivity index (χ3n) is 11.0. The number of anilines is 3. The quantitative estimate of drug-likeness (QED) is 0.228. The molecule has 0 radical (unpaired) electrons. The second-order valence-corrected chi connectivity index (χ2v) is 17.3. The van der Waals surface area contributed by atoms with E-state index in [1.165, 1.54) is 74.4 Å². The van der Waals surface area contributed by atoms with Crippen LogP contribution in [-0.4, -0.2) is 90.5 Å². The van der Waals surface area contributed by atoms with Crippen molar-refractivity contribution in [1.29, 1.82) is 0 Å². The number of piperidine rings is 1. The molecule has 12 nitrogen and oxygen atoms in total. The summed E-state index contributed by atoms with van der Waals surface area (Å²) >= 11 is 3.37. The third kappa shape index (κ3) is 8.89. The Hall–Kier alpha value is -2.88. The second-order valence-electron chi connectivity index (χ2n) is 14.4. The van der Waals surface area contributed by atoms with Gasteiger partial charge in [0.15, 0.2) is 0 Å². The van der Waals surface area contributed by atoms with Gasteiger partial charge in [-0.1, -0.05) is 31.7 Å². The number of amides is 2. The number of nitrogens with one attached hydrogen (secondary N) is 3. The molecule has 15 heteroatoms. The van der Waals surface area contributed by atoms with Crippen molar-refractivity contribution >= 4 is 55.2 Å². The van der Waals surface area contributed by atoms with Gasteiger partial charge in [-0.25, -0.2) is 22.1 Å². The fourth-order valence-corrected chi connectivity index (χ4v) is 9.78. The topological polar surface area (TPSA) is 163 Å². The standard InChI is InChI=1S/C34H48BrFN8O4S/c35-26-20-39-33(42-31(26)41-28-7-3-6-27(36)29(28)30(37)45)40-25-11-17-44(18-12-25)49(47,48)19-15-38-32(46)24-8-13-34(14-9-24)21-43(22-34)16-10-23-4-1-2-5-23/h3,6-7,20,23-25H,1-2,4-5,8-19,21-22H2,(H2,37,45)(H,38,46)(H2,39,40,41,42). The summed E-state index contributed by atoms with van der Waals surface area (Å²) in [6.45, 7) is 4.34. The zero-order valence-electron chi connectivity index (χ0n) is 27.9. The first-order chi connectivity index (χ1) is 23.5. The van der Waals surface area contributed by atoms with Crippen LogP contribution in [0.3, 0.4) is 0 Å².